The van der Waals surface area contributed by atoms with Gasteiger partial charge < -0.3 is 9.84 Å². The molecule has 0 saturated carbocycles. The number of hydrogen-bond acceptors (Lipinski definition) is 4. The lowest BCUT2D eigenvalue weighted by Gasteiger charge is -2.05. The van der Waals surface area contributed by atoms with Gasteiger partial charge in [-0.2, -0.15) is 0 Å². The predicted octanol–water partition coefficient (Wildman–Crippen LogP) is 2.96. The summed E-state index contributed by atoms with van der Waals surface area (Å²) in [6, 6.07) is 3.72. The van der Waals surface area contributed by atoms with Gasteiger partial charge in [-0.1, -0.05) is 13.3 Å². The molecule has 4 nitrogen and oxygen atoms in total. The molecule has 0 spiro atoms. The minimum atomic E-state index is -1.33. The third-order valence-electron chi connectivity index (χ3n) is 2.29. The van der Waals surface area contributed by atoms with Gasteiger partial charge in [-0.3, -0.25) is 4.79 Å². The Bertz CT molecular complexity index is 462. The number of carboxylic acid groups (broad SMARTS) is 1. The Balaban J connectivity index is 2.51. The smallest absolute Gasteiger partial charge is 0.338 e. The highest BCUT2D eigenvalue weighted by atomic mass is 32.2. The number of carbonyl (C=O) groups excluding carboxylic acids is 1. The maximum atomic E-state index is 13.1. The molecule has 104 valence electrons. The van der Waals surface area contributed by atoms with Crippen molar-refractivity contribution in [3.63, 3.8) is 0 Å². The summed E-state index contributed by atoms with van der Waals surface area (Å²) in [5.74, 6) is -2.40. The number of aromatic carboxylic acids is 1. The van der Waals surface area contributed by atoms with Crippen LogP contribution in [0.2, 0.25) is 0 Å². The molecule has 1 N–H and O–H groups in total. The minimum absolute atomic E-state index is 0.0778. The number of hydrogen-bond donors (Lipinski definition) is 1. The van der Waals surface area contributed by atoms with E-state index < -0.39 is 17.3 Å². The molecule has 0 heterocycles. The summed E-state index contributed by atoms with van der Waals surface area (Å²) in [7, 11) is 0. The molecule has 0 aliphatic carbocycles. The lowest BCUT2D eigenvalue weighted by Crippen LogP contribution is -2.08. The van der Waals surface area contributed by atoms with Crippen molar-refractivity contribution in [1.82, 2.24) is 0 Å². The van der Waals surface area contributed by atoms with E-state index in [1.165, 1.54) is 12.1 Å². The van der Waals surface area contributed by atoms with Gasteiger partial charge in [-0.15, -0.1) is 11.8 Å². The van der Waals surface area contributed by atoms with Crippen molar-refractivity contribution in [2.75, 3.05) is 12.4 Å². The molecule has 0 saturated heterocycles. The maximum Gasteiger partial charge on any atom is 0.338 e. The second kappa shape index (κ2) is 7.78. The van der Waals surface area contributed by atoms with Gasteiger partial charge in [0.25, 0.3) is 0 Å². The fourth-order valence-electron chi connectivity index (χ4n) is 1.27. The van der Waals surface area contributed by atoms with Crippen molar-refractivity contribution in [2.45, 2.75) is 24.7 Å². The SMILES string of the molecule is CCCCOC(=O)CSc1ccc(F)c(C(=O)O)c1. The van der Waals surface area contributed by atoms with Crippen LogP contribution in [0.1, 0.15) is 30.1 Å². The van der Waals surface area contributed by atoms with Crippen molar-refractivity contribution < 1.29 is 23.8 Å². The van der Waals surface area contributed by atoms with E-state index in [9.17, 15) is 14.0 Å². The number of ether oxygens (including phenoxy) is 1. The quantitative estimate of drug-likeness (QED) is 0.474. The largest absolute Gasteiger partial charge is 0.478 e. The van der Waals surface area contributed by atoms with Crippen LogP contribution in [0.3, 0.4) is 0 Å². The van der Waals surface area contributed by atoms with Gasteiger partial charge in [0, 0.05) is 4.90 Å². The van der Waals surface area contributed by atoms with Crippen molar-refractivity contribution in [3.05, 3.63) is 29.6 Å². The molecular weight excluding hydrogens is 271 g/mol. The predicted molar refractivity (Wildman–Crippen MR) is 70.0 cm³/mol. The van der Waals surface area contributed by atoms with E-state index >= 15 is 0 Å². The first-order chi connectivity index (χ1) is 9.04. The van der Waals surface area contributed by atoms with Crippen LogP contribution in [-0.2, 0) is 9.53 Å². The van der Waals surface area contributed by atoms with E-state index in [2.05, 4.69) is 0 Å². The van der Waals surface area contributed by atoms with Crippen LogP contribution in [-0.4, -0.2) is 29.4 Å². The first-order valence-corrected chi connectivity index (χ1v) is 6.84. The Morgan fingerprint density at radius 2 is 2.16 bits per heavy atom. The average Bonchev–Trinajstić information content (AvgIpc) is 2.37. The normalized spacial score (nSPS) is 10.2. The van der Waals surface area contributed by atoms with Crippen LogP contribution in [0, 0.1) is 5.82 Å². The van der Waals surface area contributed by atoms with Gasteiger partial charge in [-0.05, 0) is 24.6 Å². The standard InChI is InChI=1S/C13H15FO4S/c1-2-3-6-18-12(15)8-19-9-4-5-11(14)10(7-9)13(16)17/h4-5,7H,2-3,6,8H2,1H3,(H,16,17). The number of rotatable bonds is 7. The summed E-state index contributed by atoms with van der Waals surface area (Å²) in [6.07, 6.45) is 1.76. The lowest BCUT2D eigenvalue weighted by atomic mass is 10.2. The highest BCUT2D eigenvalue weighted by Crippen LogP contribution is 2.21. The molecule has 0 amide bonds. The Kier molecular flexibility index (Phi) is 6.35. The van der Waals surface area contributed by atoms with Crippen molar-refractivity contribution in [2.24, 2.45) is 0 Å². The first-order valence-electron chi connectivity index (χ1n) is 5.86. The fraction of sp³-hybridized carbons (Fsp3) is 0.385. The molecule has 0 radical (unpaired) electrons. The molecule has 0 aliphatic rings. The number of unbranched alkanes of at least 4 members (excludes halogenated alkanes) is 1. The van der Waals surface area contributed by atoms with Gasteiger partial charge in [0.2, 0.25) is 0 Å². The zero-order valence-corrected chi connectivity index (χ0v) is 11.3. The lowest BCUT2D eigenvalue weighted by molar-refractivity contribution is -0.140. The Hall–Kier alpha value is -1.56. The zero-order valence-electron chi connectivity index (χ0n) is 10.5. The second-order valence-corrected chi connectivity index (χ2v) is 4.86. The Morgan fingerprint density at radius 3 is 2.79 bits per heavy atom. The molecule has 1 rings (SSSR count). The molecule has 1 aromatic carbocycles. The highest BCUT2D eigenvalue weighted by molar-refractivity contribution is 8.00. The molecule has 0 unspecified atom stereocenters. The maximum absolute atomic E-state index is 13.1. The summed E-state index contributed by atoms with van der Waals surface area (Å²) in [4.78, 5) is 22.6. The molecule has 0 atom stereocenters. The van der Waals surface area contributed by atoms with Crippen LogP contribution in [0.25, 0.3) is 0 Å². The summed E-state index contributed by atoms with van der Waals surface area (Å²) >= 11 is 1.12. The third kappa shape index (κ3) is 5.30. The monoisotopic (exact) mass is 286 g/mol. The molecule has 6 heteroatoms. The van der Waals surface area contributed by atoms with Crippen molar-refractivity contribution >= 4 is 23.7 Å². The van der Waals surface area contributed by atoms with E-state index in [0.717, 1.165) is 30.7 Å². The number of carboxylic acids is 1. The molecule has 1 aromatic rings. The van der Waals surface area contributed by atoms with Gasteiger partial charge in [0.1, 0.15) is 5.82 Å². The van der Waals surface area contributed by atoms with Gasteiger partial charge in [0.05, 0.1) is 17.9 Å². The van der Waals surface area contributed by atoms with Crippen molar-refractivity contribution in [1.29, 1.82) is 0 Å². The number of carbonyl (C=O) groups is 2. The molecule has 0 aliphatic heterocycles. The summed E-state index contributed by atoms with van der Waals surface area (Å²) < 4.78 is 18.1. The molecule has 0 aromatic heterocycles. The van der Waals surface area contributed by atoms with Crippen LogP contribution in [0.4, 0.5) is 4.39 Å². The average molecular weight is 286 g/mol. The fourth-order valence-corrected chi connectivity index (χ4v) is 2.01. The van der Waals surface area contributed by atoms with Crippen LogP contribution in [0.15, 0.2) is 23.1 Å². The van der Waals surface area contributed by atoms with E-state index in [0.29, 0.717) is 11.5 Å². The van der Waals surface area contributed by atoms with Gasteiger partial charge in [0.15, 0.2) is 0 Å². The number of halogens is 1. The topological polar surface area (TPSA) is 63.6 Å². The summed E-state index contributed by atoms with van der Waals surface area (Å²) in [5.41, 5.74) is -0.399. The summed E-state index contributed by atoms with van der Waals surface area (Å²) in [5, 5.41) is 8.77. The third-order valence-corrected chi connectivity index (χ3v) is 3.25. The number of esters is 1. The van der Waals surface area contributed by atoms with E-state index in [4.69, 9.17) is 9.84 Å². The highest BCUT2D eigenvalue weighted by Gasteiger charge is 2.12. The van der Waals surface area contributed by atoms with Gasteiger partial charge in [-0.25, -0.2) is 9.18 Å². The molecule has 0 fully saturated rings. The number of thioether (sulfide) groups is 1. The second-order valence-electron chi connectivity index (χ2n) is 3.81. The van der Waals surface area contributed by atoms with E-state index in [1.807, 2.05) is 6.92 Å². The molecule has 0 bridgehead atoms. The van der Waals surface area contributed by atoms with E-state index in [1.54, 1.807) is 0 Å². The Morgan fingerprint density at radius 1 is 1.42 bits per heavy atom. The molecular formula is C13H15FO4S. The van der Waals surface area contributed by atoms with Crippen LogP contribution in [0.5, 0.6) is 0 Å². The van der Waals surface area contributed by atoms with Crippen LogP contribution >= 0.6 is 11.8 Å². The van der Waals surface area contributed by atoms with Crippen molar-refractivity contribution in [3.8, 4) is 0 Å². The molecule has 19 heavy (non-hydrogen) atoms. The number of benzene rings is 1. The minimum Gasteiger partial charge on any atom is -0.478 e. The van der Waals surface area contributed by atoms with Crippen LogP contribution < -0.4 is 0 Å². The van der Waals surface area contributed by atoms with E-state index in [-0.39, 0.29) is 11.7 Å². The van der Waals surface area contributed by atoms with Gasteiger partial charge >= 0.3 is 11.9 Å². The zero-order chi connectivity index (χ0) is 14.3. The summed E-state index contributed by atoms with van der Waals surface area (Å²) in [6.45, 7) is 2.38. The Labute approximate surface area is 115 Å². The first kappa shape index (κ1) is 15.5.